The van der Waals surface area contributed by atoms with E-state index in [2.05, 4.69) is 17.6 Å². The van der Waals surface area contributed by atoms with E-state index in [0.717, 1.165) is 31.6 Å². The number of nitrogens with zero attached hydrogens (tertiary/aromatic N) is 1. The first-order chi connectivity index (χ1) is 9.79. The Morgan fingerprint density at radius 1 is 1.40 bits per heavy atom. The molecule has 0 saturated carbocycles. The molecule has 110 valence electrons. The van der Waals surface area contributed by atoms with Crippen LogP contribution in [-0.4, -0.2) is 36.6 Å². The third kappa shape index (κ3) is 4.53. The number of urea groups is 1. The van der Waals surface area contributed by atoms with Gasteiger partial charge < -0.3 is 15.5 Å². The van der Waals surface area contributed by atoms with Gasteiger partial charge in [-0.2, -0.15) is 0 Å². The minimum atomic E-state index is 0.0457. The second kappa shape index (κ2) is 7.90. The van der Waals surface area contributed by atoms with Crippen molar-refractivity contribution in [1.29, 1.82) is 0 Å². The topological polar surface area (TPSA) is 44.4 Å². The van der Waals surface area contributed by atoms with Crippen molar-refractivity contribution >= 4 is 6.03 Å². The van der Waals surface area contributed by atoms with Gasteiger partial charge in [0.15, 0.2) is 0 Å². The molecule has 0 spiro atoms. The number of carbonyl (C=O) groups is 1. The molecule has 1 unspecified atom stereocenters. The molecule has 1 aromatic rings. The van der Waals surface area contributed by atoms with E-state index in [-0.39, 0.29) is 6.03 Å². The predicted molar refractivity (Wildman–Crippen MR) is 81.6 cm³/mol. The molecule has 0 bridgehead atoms. The van der Waals surface area contributed by atoms with Crippen LogP contribution in [0.1, 0.15) is 31.7 Å². The van der Waals surface area contributed by atoms with Crippen molar-refractivity contribution < 1.29 is 4.79 Å². The molecule has 0 aromatic heterocycles. The van der Waals surface area contributed by atoms with Gasteiger partial charge >= 0.3 is 6.03 Å². The molecule has 1 saturated heterocycles. The van der Waals surface area contributed by atoms with E-state index in [1.165, 1.54) is 12.8 Å². The average molecular weight is 275 g/mol. The Hall–Kier alpha value is -1.55. The summed E-state index contributed by atoms with van der Waals surface area (Å²) in [6, 6.07) is 10.5. The van der Waals surface area contributed by atoms with E-state index in [1.54, 1.807) is 0 Å². The van der Waals surface area contributed by atoms with Crippen molar-refractivity contribution in [3.05, 3.63) is 35.9 Å². The third-order valence-corrected chi connectivity index (χ3v) is 3.67. The highest BCUT2D eigenvalue weighted by Crippen LogP contribution is 2.08. The van der Waals surface area contributed by atoms with Crippen LogP contribution in [0.15, 0.2) is 30.3 Å². The fraction of sp³-hybridized carbons (Fsp3) is 0.562. The molecule has 2 rings (SSSR count). The maximum absolute atomic E-state index is 12.3. The molecule has 1 atom stereocenters. The van der Waals surface area contributed by atoms with Crippen molar-refractivity contribution in [3.63, 3.8) is 0 Å². The molecule has 2 N–H and O–H groups in total. The Bertz CT molecular complexity index is 401. The van der Waals surface area contributed by atoms with Gasteiger partial charge in [0.25, 0.3) is 0 Å². The number of amides is 2. The number of rotatable bonds is 6. The minimum absolute atomic E-state index is 0.0457. The maximum Gasteiger partial charge on any atom is 0.317 e. The van der Waals surface area contributed by atoms with Crippen LogP contribution in [0, 0.1) is 0 Å². The first kappa shape index (κ1) is 14.9. The molecule has 4 nitrogen and oxygen atoms in total. The second-order valence-corrected chi connectivity index (χ2v) is 5.38. The van der Waals surface area contributed by atoms with Gasteiger partial charge in [-0.3, -0.25) is 0 Å². The molecule has 0 aliphatic carbocycles. The molecular weight excluding hydrogens is 250 g/mol. The summed E-state index contributed by atoms with van der Waals surface area (Å²) in [6.45, 7) is 5.42. The fourth-order valence-corrected chi connectivity index (χ4v) is 2.61. The second-order valence-electron chi connectivity index (χ2n) is 5.38. The lowest BCUT2D eigenvalue weighted by Crippen LogP contribution is -2.46. The molecular formula is C16H25N3O. The lowest BCUT2D eigenvalue weighted by atomic mass is 10.2. The van der Waals surface area contributed by atoms with Gasteiger partial charge in [0.05, 0.1) is 0 Å². The van der Waals surface area contributed by atoms with Crippen LogP contribution in [0.4, 0.5) is 4.79 Å². The largest absolute Gasteiger partial charge is 0.334 e. The molecule has 1 aromatic carbocycles. The number of carbonyl (C=O) groups excluding carboxylic acids is 1. The van der Waals surface area contributed by atoms with E-state index >= 15 is 0 Å². The van der Waals surface area contributed by atoms with Crippen LogP contribution in [0.5, 0.6) is 0 Å². The molecule has 2 amide bonds. The van der Waals surface area contributed by atoms with Gasteiger partial charge in [0.2, 0.25) is 0 Å². The molecule has 1 fully saturated rings. The molecule has 20 heavy (non-hydrogen) atoms. The monoisotopic (exact) mass is 275 g/mol. The van der Waals surface area contributed by atoms with Crippen LogP contribution in [0.25, 0.3) is 0 Å². The van der Waals surface area contributed by atoms with E-state index < -0.39 is 0 Å². The van der Waals surface area contributed by atoms with Gasteiger partial charge in [0, 0.05) is 25.7 Å². The Kier molecular flexibility index (Phi) is 5.87. The lowest BCUT2D eigenvalue weighted by molar-refractivity contribution is 0.192. The van der Waals surface area contributed by atoms with Crippen LogP contribution < -0.4 is 10.6 Å². The summed E-state index contributed by atoms with van der Waals surface area (Å²) in [4.78, 5) is 14.2. The first-order valence-electron chi connectivity index (χ1n) is 7.59. The summed E-state index contributed by atoms with van der Waals surface area (Å²) < 4.78 is 0. The highest BCUT2D eigenvalue weighted by molar-refractivity contribution is 5.74. The minimum Gasteiger partial charge on any atom is -0.334 e. The SMILES string of the molecule is CCCN(CC1CCCN1)C(=O)NCc1ccccc1. The molecule has 0 radical (unpaired) electrons. The smallest absolute Gasteiger partial charge is 0.317 e. The summed E-state index contributed by atoms with van der Waals surface area (Å²) in [6.07, 6.45) is 3.38. The first-order valence-corrected chi connectivity index (χ1v) is 7.59. The summed E-state index contributed by atoms with van der Waals surface area (Å²) in [7, 11) is 0. The van der Waals surface area contributed by atoms with E-state index in [4.69, 9.17) is 0 Å². The number of nitrogens with one attached hydrogen (secondary N) is 2. The summed E-state index contributed by atoms with van der Waals surface area (Å²) in [5.74, 6) is 0. The summed E-state index contributed by atoms with van der Waals surface area (Å²) in [5.41, 5.74) is 1.14. The zero-order valence-corrected chi connectivity index (χ0v) is 12.3. The average Bonchev–Trinajstić information content (AvgIpc) is 2.98. The normalized spacial score (nSPS) is 17.9. The maximum atomic E-state index is 12.3. The Morgan fingerprint density at radius 2 is 2.20 bits per heavy atom. The predicted octanol–water partition coefficient (Wildman–Crippen LogP) is 2.36. The van der Waals surface area contributed by atoms with E-state index in [0.29, 0.717) is 12.6 Å². The van der Waals surface area contributed by atoms with Crippen molar-refractivity contribution in [3.8, 4) is 0 Å². The van der Waals surface area contributed by atoms with Crippen molar-refractivity contribution in [2.75, 3.05) is 19.6 Å². The lowest BCUT2D eigenvalue weighted by Gasteiger charge is -2.25. The van der Waals surface area contributed by atoms with E-state index in [1.807, 2.05) is 35.2 Å². The summed E-state index contributed by atoms with van der Waals surface area (Å²) >= 11 is 0. The molecule has 1 aliphatic rings. The molecule has 4 heteroatoms. The highest BCUT2D eigenvalue weighted by atomic mass is 16.2. The fourth-order valence-electron chi connectivity index (χ4n) is 2.61. The third-order valence-electron chi connectivity index (χ3n) is 3.67. The Labute approximate surface area is 121 Å². The van der Waals surface area contributed by atoms with Crippen LogP contribution >= 0.6 is 0 Å². The Balaban J connectivity index is 1.82. The number of hydrogen-bond donors (Lipinski definition) is 2. The Morgan fingerprint density at radius 3 is 2.85 bits per heavy atom. The molecule has 1 aliphatic heterocycles. The van der Waals surface area contributed by atoms with Gasteiger partial charge in [-0.15, -0.1) is 0 Å². The van der Waals surface area contributed by atoms with Gasteiger partial charge in [-0.25, -0.2) is 4.79 Å². The van der Waals surface area contributed by atoms with Crippen molar-refractivity contribution in [1.82, 2.24) is 15.5 Å². The van der Waals surface area contributed by atoms with Gasteiger partial charge in [0.1, 0.15) is 0 Å². The van der Waals surface area contributed by atoms with Crippen molar-refractivity contribution in [2.24, 2.45) is 0 Å². The van der Waals surface area contributed by atoms with Gasteiger partial charge in [-0.1, -0.05) is 37.3 Å². The van der Waals surface area contributed by atoms with Crippen molar-refractivity contribution in [2.45, 2.75) is 38.8 Å². The quantitative estimate of drug-likeness (QED) is 0.837. The van der Waals surface area contributed by atoms with Crippen LogP contribution in [0.3, 0.4) is 0 Å². The van der Waals surface area contributed by atoms with Crippen LogP contribution in [0.2, 0.25) is 0 Å². The number of benzene rings is 1. The number of hydrogen-bond acceptors (Lipinski definition) is 2. The van der Waals surface area contributed by atoms with E-state index in [9.17, 15) is 4.79 Å². The zero-order valence-electron chi connectivity index (χ0n) is 12.3. The molecule has 1 heterocycles. The zero-order chi connectivity index (χ0) is 14.2. The van der Waals surface area contributed by atoms with Gasteiger partial charge in [-0.05, 0) is 31.4 Å². The highest BCUT2D eigenvalue weighted by Gasteiger charge is 2.20. The summed E-state index contributed by atoms with van der Waals surface area (Å²) in [5, 5.41) is 6.47. The standard InChI is InChI=1S/C16H25N3O/c1-2-11-19(13-15-9-6-10-17-15)16(20)18-12-14-7-4-3-5-8-14/h3-5,7-8,15,17H,2,6,9-13H2,1H3,(H,18,20). The van der Waals surface area contributed by atoms with Crippen LogP contribution in [-0.2, 0) is 6.54 Å².